The van der Waals surface area contributed by atoms with Gasteiger partial charge in [0.1, 0.15) is 5.82 Å². The normalized spacial score (nSPS) is 15.5. The smallest absolute Gasteiger partial charge is 0.257 e. The highest BCUT2D eigenvalue weighted by molar-refractivity contribution is 5.95. The fourth-order valence-electron chi connectivity index (χ4n) is 2.82. The van der Waals surface area contributed by atoms with Crippen molar-refractivity contribution in [3.05, 3.63) is 23.3 Å². The topological polar surface area (TPSA) is 81.3 Å². The molecule has 1 aliphatic heterocycles. The van der Waals surface area contributed by atoms with Gasteiger partial charge in [0.15, 0.2) is 0 Å². The maximum Gasteiger partial charge on any atom is 0.257 e. The molecule has 0 spiro atoms. The van der Waals surface area contributed by atoms with E-state index in [4.69, 9.17) is 10.5 Å². The molecule has 0 saturated carbocycles. The average Bonchev–Trinajstić information content (AvgIpc) is 2.55. The fraction of sp³-hybridized carbons (Fsp3) is 0.706. The van der Waals surface area contributed by atoms with Gasteiger partial charge in [-0.15, -0.1) is 12.4 Å². The van der Waals surface area contributed by atoms with Crippen molar-refractivity contribution >= 4 is 18.3 Å². The Morgan fingerprint density at radius 3 is 2.67 bits per heavy atom. The molecule has 7 heteroatoms. The van der Waals surface area contributed by atoms with Crippen LogP contribution in [0, 0.1) is 6.92 Å². The Labute approximate surface area is 150 Å². The number of likely N-dealkylation sites (tertiary alicyclic amines) is 1. The highest BCUT2D eigenvalue weighted by Crippen LogP contribution is 2.21. The van der Waals surface area contributed by atoms with Gasteiger partial charge in [0.05, 0.1) is 17.4 Å². The number of carbonyl (C=O) groups excluding carboxylic acids is 1. The van der Waals surface area contributed by atoms with E-state index in [0.717, 1.165) is 38.0 Å². The summed E-state index contributed by atoms with van der Waals surface area (Å²) >= 11 is 0. The molecule has 0 unspecified atom stereocenters. The number of nitrogens with zero attached hydrogens (tertiary/aromatic N) is 3. The predicted molar refractivity (Wildman–Crippen MR) is 96.7 cm³/mol. The van der Waals surface area contributed by atoms with Gasteiger partial charge in [0, 0.05) is 25.9 Å². The summed E-state index contributed by atoms with van der Waals surface area (Å²) in [7, 11) is 0. The Morgan fingerprint density at radius 1 is 1.42 bits per heavy atom. The number of aryl methyl sites for hydroxylation is 1. The first-order valence-electron chi connectivity index (χ1n) is 8.47. The summed E-state index contributed by atoms with van der Waals surface area (Å²) in [5.74, 6) is 0.944. The summed E-state index contributed by atoms with van der Waals surface area (Å²) in [5, 5.41) is 0. The number of hydrogen-bond acceptors (Lipinski definition) is 5. The van der Waals surface area contributed by atoms with Crippen LogP contribution in [0.4, 0.5) is 0 Å². The number of aromatic nitrogens is 2. The third-order valence-corrected chi connectivity index (χ3v) is 4.15. The number of halogens is 1. The van der Waals surface area contributed by atoms with Gasteiger partial charge in [-0.1, -0.05) is 13.8 Å². The Kier molecular flexibility index (Phi) is 8.59. The monoisotopic (exact) mass is 356 g/mol. The Bertz CT molecular complexity index is 531. The molecule has 0 radical (unpaired) electrons. The van der Waals surface area contributed by atoms with E-state index in [1.807, 2.05) is 11.8 Å². The van der Waals surface area contributed by atoms with Crippen molar-refractivity contribution in [2.45, 2.75) is 52.1 Å². The second kappa shape index (κ2) is 9.91. The second-order valence-electron chi connectivity index (χ2n) is 6.38. The van der Waals surface area contributed by atoms with Gasteiger partial charge in [-0.2, -0.15) is 0 Å². The molecule has 2 rings (SSSR count). The van der Waals surface area contributed by atoms with E-state index < -0.39 is 0 Å². The van der Waals surface area contributed by atoms with Crippen molar-refractivity contribution < 1.29 is 9.53 Å². The molecule has 1 fully saturated rings. The Balaban J connectivity index is 0.00000288. The van der Waals surface area contributed by atoms with E-state index in [1.54, 1.807) is 6.20 Å². The lowest BCUT2D eigenvalue weighted by Crippen LogP contribution is -2.41. The molecule has 0 bridgehead atoms. The molecule has 1 aromatic rings. The van der Waals surface area contributed by atoms with Gasteiger partial charge >= 0.3 is 0 Å². The van der Waals surface area contributed by atoms with Crippen LogP contribution in [0.15, 0.2) is 6.20 Å². The first kappa shape index (κ1) is 20.8. The molecule has 136 valence electrons. The van der Waals surface area contributed by atoms with Crippen LogP contribution in [0.25, 0.3) is 0 Å². The van der Waals surface area contributed by atoms with Crippen molar-refractivity contribution in [1.82, 2.24) is 14.9 Å². The van der Waals surface area contributed by atoms with Crippen molar-refractivity contribution in [3.63, 3.8) is 0 Å². The molecule has 1 amide bonds. The minimum Gasteiger partial charge on any atom is -0.378 e. The van der Waals surface area contributed by atoms with Crippen LogP contribution in [0.5, 0.6) is 0 Å². The van der Waals surface area contributed by atoms with Gasteiger partial charge in [0.25, 0.3) is 5.91 Å². The van der Waals surface area contributed by atoms with Crippen LogP contribution in [0.2, 0.25) is 0 Å². The first-order chi connectivity index (χ1) is 11.0. The zero-order valence-corrected chi connectivity index (χ0v) is 15.6. The van der Waals surface area contributed by atoms with Crippen LogP contribution < -0.4 is 5.73 Å². The largest absolute Gasteiger partial charge is 0.378 e. The predicted octanol–water partition coefficient (Wildman–Crippen LogP) is 2.30. The lowest BCUT2D eigenvalue weighted by atomic mass is 10.0. The molecule has 1 aromatic heterocycles. The summed E-state index contributed by atoms with van der Waals surface area (Å²) in [6.45, 7) is 8.76. The molecule has 6 nitrogen and oxygen atoms in total. The summed E-state index contributed by atoms with van der Waals surface area (Å²) in [5.41, 5.74) is 6.94. The van der Waals surface area contributed by atoms with E-state index in [-0.39, 0.29) is 30.3 Å². The molecule has 0 aliphatic carbocycles. The molecule has 0 atom stereocenters. The van der Waals surface area contributed by atoms with Gasteiger partial charge in [-0.05, 0) is 38.6 Å². The lowest BCUT2D eigenvalue weighted by Gasteiger charge is -2.32. The SMILES string of the molecule is Cc1ncc(C(=O)N2CCC(OCCCN)CC2)c(C(C)C)n1.Cl. The maximum atomic E-state index is 12.8. The quantitative estimate of drug-likeness (QED) is 0.791. The molecule has 0 aromatic carbocycles. The number of amides is 1. The van der Waals surface area contributed by atoms with E-state index in [2.05, 4.69) is 23.8 Å². The summed E-state index contributed by atoms with van der Waals surface area (Å²) in [6.07, 6.45) is 4.55. The number of ether oxygens (including phenoxy) is 1. The summed E-state index contributed by atoms with van der Waals surface area (Å²) in [6, 6.07) is 0. The highest BCUT2D eigenvalue weighted by Gasteiger charge is 2.26. The number of piperidine rings is 1. The number of hydrogen-bond donors (Lipinski definition) is 1. The number of nitrogens with two attached hydrogens (primary N) is 1. The van der Waals surface area contributed by atoms with E-state index >= 15 is 0 Å². The molecule has 2 N–H and O–H groups in total. The molecule has 1 saturated heterocycles. The highest BCUT2D eigenvalue weighted by atomic mass is 35.5. The van der Waals surface area contributed by atoms with E-state index in [9.17, 15) is 4.79 Å². The minimum atomic E-state index is 0. The average molecular weight is 357 g/mol. The van der Waals surface area contributed by atoms with Gasteiger partial charge in [0.2, 0.25) is 0 Å². The molecule has 2 heterocycles. The third kappa shape index (κ3) is 5.40. The van der Waals surface area contributed by atoms with E-state index in [1.165, 1.54) is 0 Å². The van der Waals surface area contributed by atoms with Crippen LogP contribution >= 0.6 is 12.4 Å². The first-order valence-corrected chi connectivity index (χ1v) is 8.47. The van der Waals surface area contributed by atoms with Crippen LogP contribution in [-0.4, -0.2) is 53.1 Å². The van der Waals surface area contributed by atoms with Crippen molar-refractivity contribution in [2.75, 3.05) is 26.2 Å². The molecular formula is C17H29ClN4O2. The third-order valence-electron chi connectivity index (χ3n) is 4.15. The zero-order valence-electron chi connectivity index (χ0n) is 14.8. The number of carbonyl (C=O) groups is 1. The van der Waals surface area contributed by atoms with Crippen molar-refractivity contribution in [2.24, 2.45) is 5.73 Å². The molecular weight excluding hydrogens is 328 g/mol. The fourth-order valence-corrected chi connectivity index (χ4v) is 2.82. The zero-order chi connectivity index (χ0) is 16.8. The molecule has 24 heavy (non-hydrogen) atoms. The standard InChI is InChI=1S/C17H28N4O2.ClH/c1-12(2)16-15(11-19-13(3)20-16)17(22)21-8-5-14(6-9-21)23-10-4-7-18;/h11-12,14H,4-10,18H2,1-3H3;1H. The van der Waals surface area contributed by atoms with E-state index in [0.29, 0.717) is 24.5 Å². The van der Waals surface area contributed by atoms with Crippen LogP contribution in [0.3, 0.4) is 0 Å². The Hall–Kier alpha value is -1.24. The lowest BCUT2D eigenvalue weighted by molar-refractivity contribution is 0.00838. The molecule has 1 aliphatic rings. The van der Waals surface area contributed by atoms with Crippen molar-refractivity contribution in [1.29, 1.82) is 0 Å². The summed E-state index contributed by atoms with van der Waals surface area (Å²) in [4.78, 5) is 23.3. The van der Waals surface area contributed by atoms with Gasteiger partial charge < -0.3 is 15.4 Å². The summed E-state index contributed by atoms with van der Waals surface area (Å²) < 4.78 is 5.79. The van der Waals surface area contributed by atoms with Crippen molar-refractivity contribution in [3.8, 4) is 0 Å². The van der Waals surface area contributed by atoms with Gasteiger partial charge in [-0.25, -0.2) is 9.97 Å². The van der Waals surface area contributed by atoms with Crippen LogP contribution in [0.1, 0.15) is 60.9 Å². The number of rotatable bonds is 6. The second-order valence-corrected chi connectivity index (χ2v) is 6.38. The maximum absolute atomic E-state index is 12.8. The van der Waals surface area contributed by atoms with Gasteiger partial charge in [-0.3, -0.25) is 4.79 Å². The Morgan fingerprint density at radius 2 is 2.08 bits per heavy atom. The minimum absolute atomic E-state index is 0. The van der Waals surface area contributed by atoms with Crippen LogP contribution in [-0.2, 0) is 4.74 Å².